The van der Waals surface area contributed by atoms with Crippen LogP contribution in [0.1, 0.15) is 0 Å². The molecule has 2 aromatic heterocycles. The maximum absolute atomic E-state index is 14.0. The number of hydrogen-bond donors (Lipinski definition) is 2. The Morgan fingerprint density at radius 3 is 2.93 bits per heavy atom. The van der Waals surface area contributed by atoms with E-state index in [0.29, 0.717) is 22.2 Å². The van der Waals surface area contributed by atoms with Gasteiger partial charge >= 0.3 is 0 Å². The minimum Gasteiger partial charge on any atom is -0.345 e. The second kappa shape index (κ2) is 2.91. The van der Waals surface area contributed by atoms with Crippen LogP contribution in [0.15, 0.2) is 30.9 Å². The Morgan fingerprint density at radius 1 is 1.20 bits per heavy atom. The molecule has 0 bridgehead atoms. The molecule has 0 spiro atoms. The van der Waals surface area contributed by atoms with Crippen molar-refractivity contribution in [2.45, 2.75) is 0 Å². The summed E-state index contributed by atoms with van der Waals surface area (Å²) >= 11 is 0. The van der Waals surface area contributed by atoms with E-state index in [1.165, 1.54) is 12.5 Å². The number of nitrogens with one attached hydrogen (secondary N) is 2. The SMILES string of the molecule is Fc1c(-c2cnc[nH]2)ccc2[nH]ncc12. The fourth-order valence-corrected chi connectivity index (χ4v) is 1.59. The van der Waals surface area contributed by atoms with Crippen LogP contribution < -0.4 is 0 Å². The first-order valence-electron chi connectivity index (χ1n) is 4.46. The molecule has 3 rings (SSSR count). The van der Waals surface area contributed by atoms with Crippen molar-refractivity contribution in [2.24, 2.45) is 0 Å². The van der Waals surface area contributed by atoms with Crippen molar-refractivity contribution in [3.05, 3.63) is 36.7 Å². The summed E-state index contributed by atoms with van der Waals surface area (Å²) in [6.45, 7) is 0. The molecule has 0 saturated carbocycles. The van der Waals surface area contributed by atoms with Gasteiger partial charge in [0.25, 0.3) is 0 Å². The Morgan fingerprint density at radius 2 is 2.13 bits per heavy atom. The highest BCUT2D eigenvalue weighted by molar-refractivity contribution is 5.84. The molecule has 0 amide bonds. The standard InChI is InChI=1S/C10H7FN4/c11-10-6(9-4-12-5-13-9)1-2-8-7(10)3-14-15-8/h1-5H,(H,12,13)(H,14,15). The number of hydrogen-bond acceptors (Lipinski definition) is 2. The largest absolute Gasteiger partial charge is 0.345 e. The summed E-state index contributed by atoms with van der Waals surface area (Å²) in [5, 5.41) is 7.00. The van der Waals surface area contributed by atoms with Gasteiger partial charge in [0.15, 0.2) is 0 Å². The van der Waals surface area contributed by atoms with E-state index in [2.05, 4.69) is 20.2 Å². The normalized spacial score (nSPS) is 11.0. The van der Waals surface area contributed by atoms with Gasteiger partial charge in [0.1, 0.15) is 5.82 Å². The average Bonchev–Trinajstić information content (AvgIpc) is 2.87. The Hall–Kier alpha value is -2.17. The van der Waals surface area contributed by atoms with Crippen LogP contribution in [0.2, 0.25) is 0 Å². The molecule has 1 aromatic carbocycles. The summed E-state index contributed by atoms with van der Waals surface area (Å²) in [5.74, 6) is -0.287. The third-order valence-electron chi connectivity index (χ3n) is 2.35. The lowest BCUT2D eigenvalue weighted by atomic mass is 10.1. The molecule has 2 heterocycles. The molecule has 0 aliphatic carbocycles. The molecule has 0 saturated heterocycles. The van der Waals surface area contributed by atoms with Gasteiger partial charge in [0.05, 0.1) is 35.3 Å². The summed E-state index contributed by atoms with van der Waals surface area (Å²) in [6.07, 6.45) is 4.59. The minimum atomic E-state index is -0.287. The number of H-pyrrole nitrogens is 2. The first kappa shape index (κ1) is 8.16. The highest BCUT2D eigenvalue weighted by atomic mass is 19.1. The molecule has 0 aliphatic rings. The lowest BCUT2D eigenvalue weighted by Gasteiger charge is -2.00. The Labute approximate surface area is 84.2 Å². The number of nitrogens with zero attached hydrogens (tertiary/aromatic N) is 2. The van der Waals surface area contributed by atoms with Gasteiger partial charge in [0, 0.05) is 5.56 Å². The van der Waals surface area contributed by atoms with Crippen molar-refractivity contribution in [2.75, 3.05) is 0 Å². The molecule has 0 fully saturated rings. The van der Waals surface area contributed by atoms with Crippen LogP contribution in [0.3, 0.4) is 0 Å². The Bertz CT molecular complexity index is 597. The first-order valence-corrected chi connectivity index (χ1v) is 4.46. The van der Waals surface area contributed by atoms with Crippen LogP contribution in [-0.4, -0.2) is 20.2 Å². The molecule has 0 aliphatic heterocycles. The van der Waals surface area contributed by atoms with Crippen molar-refractivity contribution in [3.8, 4) is 11.3 Å². The van der Waals surface area contributed by atoms with Crippen molar-refractivity contribution in [1.82, 2.24) is 20.2 Å². The lowest BCUT2D eigenvalue weighted by molar-refractivity contribution is 0.643. The van der Waals surface area contributed by atoms with Gasteiger partial charge in [-0.2, -0.15) is 5.10 Å². The third kappa shape index (κ3) is 1.13. The quantitative estimate of drug-likeness (QED) is 0.634. The predicted molar refractivity (Wildman–Crippen MR) is 53.6 cm³/mol. The van der Waals surface area contributed by atoms with Gasteiger partial charge in [-0.25, -0.2) is 9.37 Å². The maximum atomic E-state index is 14.0. The molecule has 2 N–H and O–H groups in total. The summed E-state index contributed by atoms with van der Waals surface area (Å²) < 4.78 is 14.0. The van der Waals surface area contributed by atoms with E-state index in [1.54, 1.807) is 18.3 Å². The molecule has 74 valence electrons. The molecule has 15 heavy (non-hydrogen) atoms. The van der Waals surface area contributed by atoms with E-state index in [9.17, 15) is 4.39 Å². The zero-order chi connectivity index (χ0) is 10.3. The van der Waals surface area contributed by atoms with Gasteiger partial charge in [0.2, 0.25) is 0 Å². The zero-order valence-corrected chi connectivity index (χ0v) is 7.66. The Kier molecular flexibility index (Phi) is 1.58. The van der Waals surface area contributed by atoms with Crippen molar-refractivity contribution >= 4 is 10.9 Å². The second-order valence-corrected chi connectivity index (χ2v) is 3.22. The number of aromatic nitrogens is 4. The highest BCUT2D eigenvalue weighted by Gasteiger charge is 2.10. The first-order chi connectivity index (χ1) is 7.36. The van der Waals surface area contributed by atoms with E-state index >= 15 is 0 Å². The number of imidazole rings is 1. The van der Waals surface area contributed by atoms with E-state index in [0.717, 1.165) is 0 Å². The van der Waals surface area contributed by atoms with Crippen molar-refractivity contribution < 1.29 is 4.39 Å². The van der Waals surface area contributed by atoms with Crippen LogP contribution in [-0.2, 0) is 0 Å². The van der Waals surface area contributed by atoms with Crippen LogP contribution >= 0.6 is 0 Å². The van der Waals surface area contributed by atoms with Gasteiger partial charge in [-0.05, 0) is 12.1 Å². The zero-order valence-electron chi connectivity index (χ0n) is 7.66. The fourth-order valence-electron chi connectivity index (χ4n) is 1.59. The molecule has 3 aromatic rings. The summed E-state index contributed by atoms with van der Waals surface area (Å²) in [6, 6.07) is 3.49. The molecule has 0 radical (unpaired) electrons. The Balaban J connectivity index is 2.32. The summed E-state index contributed by atoms with van der Waals surface area (Å²) in [4.78, 5) is 6.73. The van der Waals surface area contributed by atoms with E-state index in [-0.39, 0.29) is 5.82 Å². The number of aromatic amines is 2. The second-order valence-electron chi connectivity index (χ2n) is 3.22. The summed E-state index contributed by atoms with van der Waals surface area (Å²) in [7, 11) is 0. The fraction of sp³-hybridized carbons (Fsp3) is 0. The third-order valence-corrected chi connectivity index (χ3v) is 2.35. The molecule has 5 heteroatoms. The average molecular weight is 202 g/mol. The van der Waals surface area contributed by atoms with Crippen LogP contribution in [0.4, 0.5) is 4.39 Å². The van der Waals surface area contributed by atoms with Crippen LogP contribution in [0.25, 0.3) is 22.2 Å². The molecular formula is C10H7FN4. The lowest BCUT2D eigenvalue weighted by Crippen LogP contribution is -1.85. The van der Waals surface area contributed by atoms with Gasteiger partial charge < -0.3 is 4.98 Å². The number of fused-ring (bicyclic) bond motifs is 1. The molecular weight excluding hydrogens is 195 g/mol. The topological polar surface area (TPSA) is 57.4 Å². The predicted octanol–water partition coefficient (Wildman–Crippen LogP) is 2.09. The van der Waals surface area contributed by atoms with Crippen molar-refractivity contribution in [1.29, 1.82) is 0 Å². The molecule has 0 unspecified atom stereocenters. The molecule has 0 atom stereocenters. The van der Waals surface area contributed by atoms with Crippen LogP contribution in [0, 0.1) is 5.82 Å². The number of benzene rings is 1. The minimum absolute atomic E-state index is 0.287. The summed E-state index contributed by atoms with van der Waals surface area (Å²) in [5.41, 5.74) is 1.85. The van der Waals surface area contributed by atoms with Gasteiger partial charge in [-0.15, -0.1) is 0 Å². The highest BCUT2D eigenvalue weighted by Crippen LogP contribution is 2.25. The monoisotopic (exact) mass is 202 g/mol. The smallest absolute Gasteiger partial charge is 0.143 e. The van der Waals surface area contributed by atoms with Crippen molar-refractivity contribution in [3.63, 3.8) is 0 Å². The number of rotatable bonds is 1. The number of halogens is 1. The van der Waals surface area contributed by atoms with E-state index < -0.39 is 0 Å². The van der Waals surface area contributed by atoms with Gasteiger partial charge in [-0.1, -0.05) is 0 Å². The van der Waals surface area contributed by atoms with E-state index in [4.69, 9.17) is 0 Å². The van der Waals surface area contributed by atoms with Crippen LogP contribution in [0.5, 0.6) is 0 Å². The maximum Gasteiger partial charge on any atom is 0.143 e. The molecule has 4 nitrogen and oxygen atoms in total. The van der Waals surface area contributed by atoms with E-state index in [1.807, 2.05) is 0 Å². The van der Waals surface area contributed by atoms with Gasteiger partial charge in [-0.3, -0.25) is 5.10 Å².